The molecule has 0 radical (unpaired) electrons. The summed E-state index contributed by atoms with van der Waals surface area (Å²) in [5.74, 6) is 0.194. The van der Waals surface area contributed by atoms with Gasteiger partial charge in [0.2, 0.25) is 5.89 Å². The van der Waals surface area contributed by atoms with Crippen molar-refractivity contribution in [2.75, 3.05) is 0 Å². The lowest BCUT2D eigenvalue weighted by Crippen LogP contribution is -2.11. The van der Waals surface area contributed by atoms with Gasteiger partial charge < -0.3 is 4.42 Å². The third kappa shape index (κ3) is 2.96. The number of fused-ring (bicyclic) bond motifs is 1. The van der Waals surface area contributed by atoms with Gasteiger partial charge in [-0.1, -0.05) is 72.3 Å². The second-order valence-corrected chi connectivity index (χ2v) is 6.11. The van der Waals surface area contributed by atoms with Crippen LogP contribution in [-0.4, -0.2) is 4.98 Å². The van der Waals surface area contributed by atoms with Gasteiger partial charge in [0.25, 0.3) is 0 Å². The van der Waals surface area contributed by atoms with Crippen molar-refractivity contribution >= 4 is 10.9 Å². The van der Waals surface area contributed by atoms with Gasteiger partial charge >= 0.3 is 5.63 Å². The SMILES string of the molecule is Cc1ccc2nc(C(c3ccccc3)c3ccccc3)oc(=O)c2c1. The van der Waals surface area contributed by atoms with E-state index in [4.69, 9.17) is 4.42 Å². The van der Waals surface area contributed by atoms with Gasteiger partial charge in [0.15, 0.2) is 0 Å². The number of aromatic nitrogens is 1. The first-order valence-corrected chi connectivity index (χ1v) is 8.24. The Bertz CT molecular complexity index is 1030. The highest BCUT2D eigenvalue weighted by atomic mass is 16.4. The predicted octanol–water partition coefficient (Wildman–Crippen LogP) is 4.68. The summed E-state index contributed by atoms with van der Waals surface area (Å²) in [4.78, 5) is 17.2. The van der Waals surface area contributed by atoms with Gasteiger partial charge in [-0.3, -0.25) is 0 Å². The molecule has 0 aliphatic rings. The van der Waals surface area contributed by atoms with Crippen molar-refractivity contribution in [1.29, 1.82) is 0 Å². The van der Waals surface area contributed by atoms with Crippen LogP contribution in [0.3, 0.4) is 0 Å². The molecule has 0 aliphatic heterocycles. The number of rotatable bonds is 3. The first-order valence-electron chi connectivity index (χ1n) is 8.24. The maximum absolute atomic E-state index is 12.5. The van der Waals surface area contributed by atoms with Crippen molar-refractivity contribution in [2.24, 2.45) is 0 Å². The maximum Gasteiger partial charge on any atom is 0.346 e. The van der Waals surface area contributed by atoms with E-state index in [1.165, 1.54) is 0 Å². The number of aryl methyl sites for hydroxylation is 1. The van der Waals surface area contributed by atoms with Crippen LogP contribution in [0.5, 0.6) is 0 Å². The fourth-order valence-corrected chi connectivity index (χ4v) is 3.09. The second-order valence-electron chi connectivity index (χ2n) is 6.11. The average molecular weight is 327 g/mol. The van der Waals surface area contributed by atoms with Crippen LogP contribution in [0.4, 0.5) is 0 Å². The minimum Gasteiger partial charge on any atom is -0.407 e. The smallest absolute Gasteiger partial charge is 0.346 e. The lowest BCUT2D eigenvalue weighted by Gasteiger charge is -2.16. The van der Waals surface area contributed by atoms with Gasteiger partial charge in [0, 0.05) is 0 Å². The minimum atomic E-state index is -0.347. The molecule has 0 N–H and O–H groups in total. The van der Waals surface area contributed by atoms with Crippen molar-refractivity contribution in [3.8, 4) is 0 Å². The lowest BCUT2D eigenvalue weighted by atomic mass is 9.91. The van der Waals surface area contributed by atoms with E-state index in [2.05, 4.69) is 4.98 Å². The van der Waals surface area contributed by atoms with E-state index in [1.54, 1.807) is 0 Å². The topological polar surface area (TPSA) is 43.1 Å². The molecule has 3 nitrogen and oxygen atoms in total. The van der Waals surface area contributed by atoms with Gasteiger partial charge in [-0.15, -0.1) is 0 Å². The zero-order chi connectivity index (χ0) is 17.2. The number of nitrogens with zero attached hydrogens (tertiary/aromatic N) is 1. The summed E-state index contributed by atoms with van der Waals surface area (Å²) in [6.07, 6.45) is 0. The van der Waals surface area contributed by atoms with E-state index in [-0.39, 0.29) is 11.5 Å². The van der Waals surface area contributed by atoms with Crippen LogP contribution in [0.25, 0.3) is 10.9 Å². The van der Waals surface area contributed by atoms with E-state index >= 15 is 0 Å². The molecule has 0 bridgehead atoms. The second kappa shape index (κ2) is 6.36. The van der Waals surface area contributed by atoms with Crippen molar-refractivity contribution in [1.82, 2.24) is 4.98 Å². The molecule has 3 heteroatoms. The Kier molecular flexibility index (Phi) is 3.90. The van der Waals surface area contributed by atoms with Gasteiger partial charge in [-0.25, -0.2) is 9.78 Å². The van der Waals surface area contributed by atoms with E-state index in [0.717, 1.165) is 16.7 Å². The van der Waals surface area contributed by atoms with E-state index < -0.39 is 0 Å². The third-order valence-electron chi connectivity index (χ3n) is 4.31. The number of hydrogen-bond donors (Lipinski definition) is 0. The molecule has 4 aromatic rings. The summed E-state index contributed by atoms with van der Waals surface area (Å²) in [5, 5.41) is 0.517. The summed E-state index contributed by atoms with van der Waals surface area (Å²) >= 11 is 0. The summed E-state index contributed by atoms with van der Waals surface area (Å²) in [6, 6.07) is 25.6. The highest BCUT2D eigenvalue weighted by Gasteiger charge is 2.22. The van der Waals surface area contributed by atoms with Crippen LogP contribution >= 0.6 is 0 Å². The average Bonchev–Trinajstić information content (AvgIpc) is 2.64. The molecular weight excluding hydrogens is 310 g/mol. The highest BCUT2D eigenvalue weighted by Crippen LogP contribution is 2.30. The van der Waals surface area contributed by atoms with Crippen LogP contribution in [0.1, 0.15) is 28.5 Å². The monoisotopic (exact) mass is 327 g/mol. The van der Waals surface area contributed by atoms with Gasteiger partial charge in [0.1, 0.15) is 0 Å². The third-order valence-corrected chi connectivity index (χ3v) is 4.31. The number of benzene rings is 3. The zero-order valence-corrected chi connectivity index (χ0v) is 13.8. The standard InChI is InChI=1S/C22H17NO2/c1-15-12-13-19-18(14-15)22(24)25-21(23-19)20(16-8-4-2-5-9-16)17-10-6-3-7-11-17/h2-14,20H,1H3. The molecule has 122 valence electrons. The molecule has 3 aromatic carbocycles. The Morgan fingerprint density at radius 1 is 0.840 bits per heavy atom. The summed E-state index contributed by atoms with van der Waals surface area (Å²) < 4.78 is 5.65. The summed E-state index contributed by atoms with van der Waals surface area (Å²) in [6.45, 7) is 1.95. The molecule has 0 fully saturated rings. The van der Waals surface area contributed by atoms with E-state index in [1.807, 2.05) is 85.8 Å². The first kappa shape index (κ1) is 15.3. The molecule has 0 amide bonds. The minimum absolute atomic E-state index is 0.221. The van der Waals surface area contributed by atoms with Crippen LogP contribution in [0.15, 0.2) is 88.1 Å². The zero-order valence-electron chi connectivity index (χ0n) is 13.8. The molecule has 0 unspecified atom stereocenters. The summed E-state index contributed by atoms with van der Waals surface area (Å²) in [5.41, 5.74) is 3.40. The Hall–Kier alpha value is -3.20. The van der Waals surface area contributed by atoms with Crippen LogP contribution in [0, 0.1) is 6.92 Å². The van der Waals surface area contributed by atoms with E-state index in [0.29, 0.717) is 16.8 Å². The molecule has 0 spiro atoms. The fourth-order valence-electron chi connectivity index (χ4n) is 3.09. The highest BCUT2D eigenvalue weighted by molar-refractivity contribution is 5.77. The van der Waals surface area contributed by atoms with Gasteiger partial charge in [-0.2, -0.15) is 0 Å². The molecule has 25 heavy (non-hydrogen) atoms. The fraction of sp³-hybridized carbons (Fsp3) is 0.0909. The van der Waals surface area contributed by atoms with Crippen molar-refractivity contribution in [3.63, 3.8) is 0 Å². The molecule has 4 rings (SSSR count). The largest absolute Gasteiger partial charge is 0.407 e. The predicted molar refractivity (Wildman–Crippen MR) is 98.8 cm³/mol. The molecular formula is C22H17NO2. The lowest BCUT2D eigenvalue weighted by molar-refractivity contribution is 0.438. The molecule has 0 saturated heterocycles. The van der Waals surface area contributed by atoms with Crippen molar-refractivity contribution in [2.45, 2.75) is 12.8 Å². The van der Waals surface area contributed by atoms with Crippen LogP contribution < -0.4 is 5.63 Å². The van der Waals surface area contributed by atoms with Crippen LogP contribution in [-0.2, 0) is 0 Å². The van der Waals surface area contributed by atoms with Gasteiger partial charge in [0.05, 0.1) is 16.8 Å². The van der Waals surface area contributed by atoms with Gasteiger partial charge in [-0.05, 0) is 30.2 Å². The molecule has 1 aromatic heterocycles. The molecule has 0 saturated carbocycles. The maximum atomic E-state index is 12.5. The Morgan fingerprint density at radius 2 is 1.44 bits per heavy atom. The quantitative estimate of drug-likeness (QED) is 0.549. The van der Waals surface area contributed by atoms with Crippen molar-refractivity contribution in [3.05, 3.63) is 112 Å². The van der Waals surface area contributed by atoms with E-state index in [9.17, 15) is 4.79 Å². The normalized spacial score (nSPS) is 11.1. The van der Waals surface area contributed by atoms with Crippen LogP contribution in [0.2, 0.25) is 0 Å². The molecule has 0 aliphatic carbocycles. The van der Waals surface area contributed by atoms with Crippen molar-refractivity contribution < 1.29 is 4.42 Å². The molecule has 1 heterocycles. The number of hydrogen-bond acceptors (Lipinski definition) is 3. The Morgan fingerprint density at radius 3 is 2.04 bits per heavy atom. The Labute approximate surface area is 145 Å². The molecule has 0 atom stereocenters. The Balaban J connectivity index is 1.95. The summed E-state index contributed by atoms with van der Waals surface area (Å²) in [7, 11) is 0. The first-order chi connectivity index (χ1) is 12.2.